The number of carbonyl (C=O) groups excluding carboxylic acids is 1. The fourth-order valence-corrected chi connectivity index (χ4v) is 3.49. The quantitative estimate of drug-likeness (QED) is 0.843. The molecule has 1 aliphatic carbocycles. The van der Waals surface area contributed by atoms with Crippen molar-refractivity contribution in [2.75, 3.05) is 5.75 Å². The molecule has 0 radical (unpaired) electrons. The Hall–Kier alpha value is -1.20. The van der Waals surface area contributed by atoms with Gasteiger partial charge < -0.3 is 10.4 Å². The lowest BCUT2D eigenvalue weighted by Gasteiger charge is -2.12. The number of hydrogen-bond donors (Lipinski definition) is 2. The summed E-state index contributed by atoms with van der Waals surface area (Å²) in [5.41, 5.74) is 1.09. The van der Waals surface area contributed by atoms with Gasteiger partial charge in [-0.05, 0) is 37.0 Å². The Morgan fingerprint density at radius 3 is 2.86 bits per heavy atom. The molecule has 1 amide bonds. The lowest BCUT2D eigenvalue weighted by molar-refractivity contribution is -0.141. The first kappa shape index (κ1) is 16.2. The Morgan fingerprint density at radius 1 is 1.38 bits per heavy atom. The van der Waals surface area contributed by atoms with Crippen LogP contribution in [0.4, 0.5) is 0 Å². The van der Waals surface area contributed by atoms with Gasteiger partial charge in [-0.25, -0.2) is 0 Å². The molecule has 1 saturated carbocycles. The van der Waals surface area contributed by atoms with Crippen molar-refractivity contribution in [2.45, 2.75) is 31.1 Å². The molecular formula is C15H18ClNO3S. The first-order chi connectivity index (χ1) is 10.0. The summed E-state index contributed by atoms with van der Waals surface area (Å²) >= 11 is 7.43. The van der Waals surface area contributed by atoms with Gasteiger partial charge in [-0.2, -0.15) is 0 Å². The van der Waals surface area contributed by atoms with E-state index in [1.807, 2.05) is 24.3 Å². The zero-order valence-corrected chi connectivity index (χ0v) is 13.1. The van der Waals surface area contributed by atoms with Gasteiger partial charge in [0, 0.05) is 16.8 Å². The Balaban J connectivity index is 1.67. The van der Waals surface area contributed by atoms with Crippen molar-refractivity contribution in [3.63, 3.8) is 0 Å². The first-order valence-electron chi connectivity index (χ1n) is 6.89. The molecule has 1 aromatic carbocycles. The van der Waals surface area contributed by atoms with E-state index in [0.717, 1.165) is 17.7 Å². The molecule has 21 heavy (non-hydrogen) atoms. The summed E-state index contributed by atoms with van der Waals surface area (Å²) in [6.07, 6.45) is 1.94. The van der Waals surface area contributed by atoms with Crippen LogP contribution < -0.4 is 5.32 Å². The average Bonchev–Trinajstić information content (AvgIpc) is 2.87. The van der Waals surface area contributed by atoms with Crippen molar-refractivity contribution >= 4 is 35.2 Å². The highest BCUT2D eigenvalue weighted by Crippen LogP contribution is 2.25. The number of hydrogen-bond acceptors (Lipinski definition) is 3. The molecule has 114 valence electrons. The molecule has 4 nitrogen and oxygen atoms in total. The van der Waals surface area contributed by atoms with Gasteiger partial charge in [-0.15, -0.1) is 11.8 Å². The average molecular weight is 328 g/mol. The van der Waals surface area contributed by atoms with Crippen molar-refractivity contribution in [1.82, 2.24) is 5.32 Å². The highest BCUT2D eigenvalue weighted by Gasteiger charge is 2.30. The topological polar surface area (TPSA) is 66.4 Å². The molecule has 2 rings (SSSR count). The van der Waals surface area contributed by atoms with Gasteiger partial charge in [-0.3, -0.25) is 9.59 Å². The Kier molecular flexibility index (Phi) is 5.94. The molecule has 0 unspecified atom stereocenters. The molecule has 0 aromatic heterocycles. The molecule has 2 N–H and O–H groups in total. The van der Waals surface area contributed by atoms with Gasteiger partial charge in [0.15, 0.2) is 0 Å². The summed E-state index contributed by atoms with van der Waals surface area (Å²) in [4.78, 5) is 22.7. The van der Waals surface area contributed by atoms with E-state index in [0.29, 0.717) is 23.6 Å². The fourth-order valence-electron chi connectivity index (χ4n) is 2.49. The summed E-state index contributed by atoms with van der Waals surface area (Å²) in [7, 11) is 0. The number of benzene rings is 1. The van der Waals surface area contributed by atoms with E-state index in [9.17, 15) is 9.59 Å². The van der Waals surface area contributed by atoms with E-state index in [4.69, 9.17) is 16.7 Å². The van der Waals surface area contributed by atoms with Crippen molar-refractivity contribution < 1.29 is 14.7 Å². The Labute approximate surface area is 133 Å². The third kappa shape index (κ3) is 5.25. The van der Waals surface area contributed by atoms with Crippen LogP contribution in [0.1, 0.15) is 24.8 Å². The molecule has 0 bridgehead atoms. The lowest BCUT2D eigenvalue weighted by atomic mass is 10.1. The van der Waals surface area contributed by atoms with Crippen LogP contribution in [0.15, 0.2) is 24.3 Å². The molecule has 2 atom stereocenters. The second-order valence-electron chi connectivity index (χ2n) is 5.24. The zero-order valence-electron chi connectivity index (χ0n) is 11.5. The number of carboxylic acids is 1. The molecule has 1 aliphatic rings. The van der Waals surface area contributed by atoms with Gasteiger partial charge in [0.25, 0.3) is 0 Å². The van der Waals surface area contributed by atoms with Crippen LogP contribution >= 0.6 is 23.4 Å². The van der Waals surface area contributed by atoms with Crippen LogP contribution in [0.3, 0.4) is 0 Å². The predicted molar refractivity (Wildman–Crippen MR) is 84.5 cm³/mol. The number of rotatable bonds is 6. The van der Waals surface area contributed by atoms with Crippen molar-refractivity contribution in [1.29, 1.82) is 0 Å². The van der Waals surface area contributed by atoms with Crippen molar-refractivity contribution in [3.8, 4) is 0 Å². The van der Waals surface area contributed by atoms with Crippen LogP contribution in [0.2, 0.25) is 5.02 Å². The highest BCUT2D eigenvalue weighted by atomic mass is 35.5. The SMILES string of the molecule is O=C(CSCc1cccc(Cl)c1)N[C@@H]1CC[C@H](C(=O)O)C1. The zero-order chi connectivity index (χ0) is 15.2. The second-order valence-corrected chi connectivity index (χ2v) is 6.66. The molecule has 0 saturated heterocycles. The van der Waals surface area contributed by atoms with Crippen molar-refractivity contribution in [2.24, 2.45) is 5.92 Å². The number of aliphatic carboxylic acids is 1. The number of carboxylic acid groups (broad SMARTS) is 1. The maximum atomic E-state index is 11.8. The van der Waals surface area contributed by atoms with Crippen LogP contribution in [0.5, 0.6) is 0 Å². The fraction of sp³-hybridized carbons (Fsp3) is 0.467. The van der Waals surface area contributed by atoms with Gasteiger partial charge in [0.2, 0.25) is 5.91 Å². The largest absolute Gasteiger partial charge is 0.481 e. The molecule has 1 fully saturated rings. The van der Waals surface area contributed by atoms with Gasteiger partial charge in [-0.1, -0.05) is 23.7 Å². The van der Waals surface area contributed by atoms with Crippen LogP contribution in [0, 0.1) is 5.92 Å². The minimum atomic E-state index is -0.762. The standard InChI is InChI=1S/C15H18ClNO3S/c16-12-3-1-2-10(6-12)8-21-9-14(18)17-13-5-4-11(7-13)15(19)20/h1-3,6,11,13H,4-5,7-9H2,(H,17,18)(H,19,20)/t11-,13+/m0/s1. The van der Waals surface area contributed by atoms with E-state index in [2.05, 4.69) is 5.32 Å². The minimum Gasteiger partial charge on any atom is -0.481 e. The molecule has 0 aliphatic heterocycles. The lowest BCUT2D eigenvalue weighted by Crippen LogP contribution is -2.34. The number of halogens is 1. The van der Waals surface area contributed by atoms with E-state index < -0.39 is 5.97 Å². The molecular weight excluding hydrogens is 310 g/mol. The third-order valence-electron chi connectivity index (χ3n) is 3.54. The van der Waals surface area contributed by atoms with E-state index in [1.54, 1.807) is 0 Å². The van der Waals surface area contributed by atoms with Crippen molar-refractivity contribution in [3.05, 3.63) is 34.9 Å². The number of nitrogens with one attached hydrogen (secondary N) is 1. The van der Waals surface area contributed by atoms with Crippen LogP contribution in [-0.4, -0.2) is 28.8 Å². The summed E-state index contributed by atoms with van der Waals surface area (Å²) < 4.78 is 0. The summed E-state index contributed by atoms with van der Waals surface area (Å²) in [5.74, 6) is 0.00602. The molecule has 0 heterocycles. The smallest absolute Gasteiger partial charge is 0.306 e. The maximum absolute atomic E-state index is 11.8. The highest BCUT2D eigenvalue weighted by molar-refractivity contribution is 7.99. The number of thioether (sulfide) groups is 1. The maximum Gasteiger partial charge on any atom is 0.306 e. The Morgan fingerprint density at radius 2 is 2.19 bits per heavy atom. The summed E-state index contributed by atoms with van der Waals surface area (Å²) in [6, 6.07) is 7.58. The van der Waals surface area contributed by atoms with E-state index in [1.165, 1.54) is 11.8 Å². The number of carbonyl (C=O) groups is 2. The second kappa shape index (κ2) is 7.71. The molecule has 1 aromatic rings. The first-order valence-corrected chi connectivity index (χ1v) is 8.42. The summed E-state index contributed by atoms with van der Waals surface area (Å²) in [5, 5.41) is 12.5. The minimum absolute atomic E-state index is 0.00497. The normalized spacial score (nSPS) is 21.2. The van der Waals surface area contributed by atoms with E-state index >= 15 is 0 Å². The predicted octanol–water partition coefficient (Wildman–Crippen LogP) is 2.94. The van der Waals surface area contributed by atoms with Crippen LogP contribution in [-0.2, 0) is 15.3 Å². The van der Waals surface area contributed by atoms with Crippen LogP contribution in [0.25, 0.3) is 0 Å². The van der Waals surface area contributed by atoms with Gasteiger partial charge in [0.05, 0.1) is 11.7 Å². The Bertz CT molecular complexity index is 523. The van der Waals surface area contributed by atoms with E-state index in [-0.39, 0.29) is 17.9 Å². The molecule has 0 spiro atoms. The monoisotopic (exact) mass is 327 g/mol. The van der Waals surface area contributed by atoms with Gasteiger partial charge >= 0.3 is 5.97 Å². The number of amides is 1. The summed E-state index contributed by atoms with van der Waals surface area (Å²) in [6.45, 7) is 0. The third-order valence-corrected chi connectivity index (χ3v) is 4.78. The van der Waals surface area contributed by atoms with Gasteiger partial charge in [0.1, 0.15) is 0 Å². The molecule has 6 heteroatoms.